The highest BCUT2D eigenvalue weighted by atomic mass is 35.5. The lowest BCUT2D eigenvalue weighted by atomic mass is 9.98. The van der Waals surface area contributed by atoms with E-state index in [1.165, 1.54) is 16.4 Å². The number of piperidine rings is 1. The average Bonchev–Trinajstić information content (AvgIpc) is 3.24. The summed E-state index contributed by atoms with van der Waals surface area (Å²) in [5, 5.41) is 0. The van der Waals surface area contributed by atoms with Gasteiger partial charge in [0.15, 0.2) is 0 Å². The molecule has 0 aromatic heterocycles. The minimum Gasteiger partial charge on any atom is -0.342 e. The summed E-state index contributed by atoms with van der Waals surface area (Å²) in [6.07, 6.45) is 3.46. The van der Waals surface area contributed by atoms with Crippen molar-refractivity contribution in [3.63, 3.8) is 0 Å². The zero-order chi connectivity index (χ0) is 19.2. The molecule has 1 aromatic rings. The molecule has 1 amide bonds. The number of sulfonamides is 1. The lowest BCUT2D eigenvalue weighted by Gasteiger charge is -2.33. The Morgan fingerprint density at radius 1 is 1.07 bits per heavy atom. The van der Waals surface area contributed by atoms with E-state index < -0.39 is 15.8 Å². The third-order valence-electron chi connectivity index (χ3n) is 6.41. The van der Waals surface area contributed by atoms with Crippen molar-refractivity contribution in [1.82, 2.24) is 9.21 Å². The molecule has 2 aliphatic heterocycles. The Labute approximate surface area is 171 Å². The lowest BCUT2D eigenvalue weighted by Crippen LogP contribution is -2.46. The van der Waals surface area contributed by atoms with Gasteiger partial charge in [-0.1, -0.05) is 0 Å². The largest absolute Gasteiger partial charge is 0.342 e. The summed E-state index contributed by atoms with van der Waals surface area (Å²) in [5.41, 5.74) is 6.16. The molecule has 3 aliphatic rings. The van der Waals surface area contributed by atoms with Crippen molar-refractivity contribution < 1.29 is 17.6 Å². The number of benzene rings is 1. The first-order chi connectivity index (χ1) is 12.9. The van der Waals surface area contributed by atoms with Gasteiger partial charge in [0.2, 0.25) is 15.9 Å². The van der Waals surface area contributed by atoms with Crippen LogP contribution in [-0.4, -0.2) is 55.8 Å². The van der Waals surface area contributed by atoms with Crippen molar-refractivity contribution in [1.29, 1.82) is 0 Å². The van der Waals surface area contributed by atoms with Gasteiger partial charge in [-0.25, -0.2) is 12.8 Å². The third-order valence-corrected chi connectivity index (χ3v) is 8.29. The van der Waals surface area contributed by atoms with Gasteiger partial charge in [0.1, 0.15) is 5.82 Å². The van der Waals surface area contributed by atoms with E-state index in [4.69, 9.17) is 5.73 Å². The quantitative estimate of drug-likeness (QED) is 0.791. The number of likely N-dealkylation sites (tertiary alicyclic amines) is 1. The molecular weight excluding hydrogens is 405 g/mol. The van der Waals surface area contributed by atoms with Gasteiger partial charge in [-0.3, -0.25) is 4.79 Å². The van der Waals surface area contributed by atoms with Crippen LogP contribution >= 0.6 is 12.4 Å². The van der Waals surface area contributed by atoms with E-state index in [9.17, 15) is 17.6 Å². The van der Waals surface area contributed by atoms with Gasteiger partial charge < -0.3 is 10.6 Å². The number of amides is 1. The van der Waals surface area contributed by atoms with Crippen LogP contribution in [0.3, 0.4) is 0 Å². The molecule has 156 valence electrons. The number of carbonyl (C=O) groups is 1. The second kappa shape index (κ2) is 8.26. The molecule has 2 saturated heterocycles. The van der Waals surface area contributed by atoms with Gasteiger partial charge in [-0.05, 0) is 61.8 Å². The fourth-order valence-corrected chi connectivity index (χ4v) is 6.39. The Morgan fingerprint density at radius 3 is 2.46 bits per heavy atom. The zero-order valence-corrected chi connectivity index (χ0v) is 17.3. The Kier molecular flexibility index (Phi) is 6.34. The molecule has 28 heavy (non-hydrogen) atoms. The predicted molar refractivity (Wildman–Crippen MR) is 106 cm³/mol. The molecule has 1 aromatic carbocycles. The zero-order valence-electron chi connectivity index (χ0n) is 15.7. The minimum absolute atomic E-state index is 0. The Hall–Kier alpha value is -1.22. The molecule has 0 bridgehead atoms. The normalized spacial score (nSPS) is 30.7. The van der Waals surface area contributed by atoms with Crippen LogP contribution in [0.4, 0.5) is 4.39 Å². The highest BCUT2D eigenvalue weighted by Gasteiger charge is 2.44. The van der Waals surface area contributed by atoms with E-state index in [-0.39, 0.29) is 41.7 Å². The number of nitrogens with zero attached hydrogens (tertiary/aromatic N) is 2. The molecule has 0 radical (unpaired) electrons. The monoisotopic (exact) mass is 431 g/mol. The van der Waals surface area contributed by atoms with Gasteiger partial charge in [0, 0.05) is 32.2 Å². The molecule has 4 atom stereocenters. The summed E-state index contributed by atoms with van der Waals surface area (Å²) in [5.74, 6) is 0.140. The average molecular weight is 432 g/mol. The van der Waals surface area contributed by atoms with Crippen molar-refractivity contribution in [3.8, 4) is 0 Å². The first kappa shape index (κ1) is 21.5. The lowest BCUT2D eigenvalue weighted by molar-refractivity contribution is -0.135. The second-order valence-corrected chi connectivity index (χ2v) is 10.0. The summed E-state index contributed by atoms with van der Waals surface area (Å²) < 4.78 is 40.2. The van der Waals surface area contributed by atoms with Crippen molar-refractivity contribution in [2.45, 2.75) is 36.6 Å². The van der Waals surface area contributed by atoms with Crippen LogP contribution in [0.15, 0.2) is 29.2 Å². The van der Waals surface area contributed by atoms with E-state index >= 15 is 0 Å². The van der Waals surface area contributed by atoms with E-state index in [1.54, 1.807) is 0 Å². The van der Waals surface area contributed by atoms with Crippen LogP contribution in [0.1, 0.15) is 25.7 Å². The standard InChI is InChI=1S/C19H26FN3O3S.ClH/c20-15-4-6-16(7-5-15)27(25,26)23-9-1-2-14(11-23)19(24)22-10-13-3-8-18(21)17(13)12-22;/h4-7,13-14,17-18H,1-3,8-12,21H2;1H. The van der Waals surface area contributed by atoms with Crippen molar-refractivity contribution in [2.75, 3.05) is 26.2 Å². The molecule has 1 aliphatic carbocycles. The summed E-state index contributed by atoms with van der Waals surface area (Å²) in [7, 11) is -3.72. The van der Waals surface area contributed by atoms with E-state index in [1.807, 2.05) is 4.90 Å². The van der Waals surface area contributed by atoms with Crippen molar-refractivity contribution in [2.24, 2.45) is 23.5 Å². The van der Waals surface area contributed by atoms with Crippen LogP contribution < -0.4 is 5.73 Å². The number of hydrogen-bond acceptors (Lipinski definition) is 4. The SMILES string of the molecule is Cl.NC1CCC2CN(C(=O)C3CCCN(S(=O)(=O)c4ccc(F)cc4)C3)CC12. The Bertz CT molecular complexity index is 820. The molecule has 1 saturated carbocycles. The second-order valence-electron chi connectivity index (χ2n) is 8.06. The van der Waals surface area contributed by atoms with E-state index in [0.29, 0.717) is 37.8 Å². The highest BCUT2D eigenvalue weighted by molar-refractivity contribution is 7.89. The Morgan fingerprint density at radius 2 is 1.79 bits per heavy atom. The molecule has 0 spiro atoms. The number of fused-ring (bicyclic) bond motifs is 1. The number of nitrogens with two attached hydrogens (primary N) is 1. The maximum atomic E-state index is 13.1. The van der Waals surface area contributed by atoms with Crippen molar-refractivity contribution >= 4 is 28.3 Å². The van der Waals surface area contributed by atoms with E-state index in [2.05, 4.69) is 0 Å². The third kappa shape index (κ3) is 3.92. The van der Waals surface area contributed by atoms with Crippen LogP contribution in [0.5, 0.6) is 0 Å². The van der Waals surface area contributed by atoms with E-state index in [0.717, 1.165) is 31.5 Å². The topological polar surface area (TPSA) is 83.7 Å². The Balaban J connectivity index is 0.00000225. The fraction of sp³-hybridized carbons (Fsp3) is 0.632. The molecule has 3 fully saturated rings. The molecule has 2 heterocycles. The molecular formula is C19H27ClFN3O3S. The van der Waals surface area contributed by atoms with Crippen LogP contribution in [0, 0.1) is 23.6 Å². The number of rotatable bonds is 3. The number of hydrogen-bond donors (Lipinski definition) is 1. The first-order valence-electron chi connectivity index (χ1n) is 9.66. The maximum Gasteiger partial charge on any atom is 0.243 e. The van der Waals surface area contributed by atoms with Gasteiger partial charge >= 0.3 is 0 Å². The first-order valence-corrected chi connectivity index (χ1v) is 11.1. The molecule has 2 N–H and O–H groups in total. The summed E-state index contributed by atoms with van der Waals surface area (Å²) in [6, 6.07) is 5.02. The van der Waals surface area contributed by atoms with Gasteiger partial charge in [-0.15, -0.1) is 12.4 Å². The predicted octanol–water partition coefficient (Wildman–Crippen LogP) is 1.84. The van der Waals surface area contributed by atoms with Crippen LogP contribution in [-0.2, 0) is 14.8 Å². The van der Waals surface area contributed by atoms with Gasteiger partial charge in [-0.2, -0.15) is 4.31 Å². The number of carbonyl (C=O) groups excluding carboxylic acids is 1. The minimum atomic E-state index is -3.72. The smallest absolute Gasteiger partial charge is 0.243 e. The highest BCUT2D eigenvalue weighted by Crippen LogP contribution is 2.38. The van der Waals surface area contributed by atoms with Gasteiger partial charge in [0.05, 0.1) is 10.8 Å². The number of halogens is 2. The molecule has 6 nitrogen and oxygen atoms in total. The summed E-state index contributed by atoms with van der Waals surface area (Å²) in [4.78, 5) is 15.0. The van der Waals surface area contributed by atoms with Crippen LogP contribution in [0.2, 0.25) is 0 Å². The fourth-order valence-electron chi connectivity index (χ4n) is 4.86. The molecule has 9 heteroatoms. The maximum absolute atomic E-state index is 13.1. The summed E-state index contributed by atoms with van der Waals surface area (Å²) in [6.45, 7) is 2.03. The molecule has 4 rings (SSSR count). The van der Waals surface area contributed by atoms with Gasteiger partial charge in [0.25, 0.3) is 0 Å². The molecule has 4 unspecified atom stereocenters. The van der Waals surface area contributed by atoms with Crippen molar-refractivity contribution in [3.05, 3.63) is 30.1 Å². The summed E-state index contributed by atoms with van der Waals surface area (Å²) >= 11 is 0. The van der Waals surface area contributed by atoms with Crippen LogP contribution in [0.25, 0.3) is 0 Å².